The highest BCUT2D eigenvalue weighted by atomic mass is 16.5. The molecule has 0 aliphatic heterocycles. The highest BCUT2D eigenvalue weighted by molar-refractivity contribution is 5.77. The summed E-state index contributed by atoms with van der Waals surface area (Å²) in [7, 11) is 0. The lowest BCUT2D eigenvalue weighted by Crippen LogP contribution is -2.48. The Labute approximate surface area is 131 Å². The van der Waals surface area contributed by atoms with Crippen molar-refractivity contribution in [1.82, 2.24) is 9.97 Å². The first-order valence-corrected chi connectivity index (χ1v) is 8.55. The molecule has 0 N–H and O–H groups in total. The second kappa shape index (κ2) is 5.32. The maximum Gasteiger partial charge on any atom is 0.313 e. The van der Waals surface area contributed by atoms with Gasteiger partial charge < -0.3 is 4.74 Å². The lowest BCUT2D eigenvalue weighted by atomic mass is 9.50. The molecule has 4 aliphatic carbocycles. The second-order valence-corrected chi connectivity index (χ2v) is 7.92. The fourth-order valence-electron chi connectivity index (χ4n) is 5.49. The van der Waals surface area contributed by atoms with E-state index in [1.165, 1.54) is 44.9 Å². The van der Waals surface area contributed by atoms with Crippen LogP contribution in [0.1, 0.15) is 56.9 Å². The zero-order chi connectivity index (χ0) is 15.2. The molecule has 1 heterocycles. The van der Waals surface area contributed by atoms with Gasteiger partial charge in [-0.15, -0.1) is 0 Å². The Hall–Kier alpha value is -1.45. The van der Waals surface area contributed by atoms with Crippen LogP contribution >= 0.6 is 0 Å². The van der Waals surface area contributed by atoms with E-state index in [0.717, 1.165) is 23.3 Å². The van der Waals surface area contributed by atoms with Crippen LogP contribution in [0.4, 0.5) is 0 Å². The van der Waals surface area contributed by atoms with Crippen LogP contribution in [0, 0.1) is 23.2 Å². The molecule has 4 fully saturated rings. The molecule has 1 atom stereocenters. The molecule has 0 saturated heterocycles. The van der Waals surface area contributed by atoms with Gasteiger partial charge in [0.25, 0.3) is 0 Å². The Kier molecular flexibility index (Phi) is 3.43. The third-order valence-electron chi connectivity index (χ3n) is 6.12. The van der Waals surface area contributed by atoms with Gasteiger partial charge in [-0.1, -0.05) is 0 Å². The number of carbonyl (C=O) groups excluding carboxylic acids is 1. The smallest absolute Gasteiger partial charge is 0.313 e. The number of carbonyl (C=O) groups is 1. The van der Waals surface area contributed by atoms with Crippen molar-refractivity contribution >= 4 is 5.97 Å². The lowest BCUT2D eigenvalue weighted by molar-refractivity contribution is -0.156. The van der Waals surface area contributed by atoms with Gasteiger partial charge in [-0.05, 0) is 63.2 Å². The van der Waals surface area contributed by atoms with Crippen molar-refractivity contribution < 1.29 is 9.53 Å². The van der Waals surface area contributed by atoms with Crippen molar-refractivity contribution in [2.45, 2.75) is 51.4 Å². The summed E-state index contributed by atoms with van der Waals surface area (Å²) in [6.45, 7) is 2.49. The third kappa shape index (κ3) is 2.53. The minimum absolute atomic E-state index is 0.134. The van der Waals surface area contributed by atoms with E-state index < -0.39 is 0 Å². The Morgan fingerprint density at radius 2 is 1.73 bits per heavy atom. The number of hydrogen-bond donors (Lipinski definition) is 0. The molecule has 4 bridgehead atoms. The molecule has 4 heteroatoms. The summed E-state index contributed by atoms with van der Waals surface area (Å²) in [5, 5.41) is 0. The van der Waals surface area contributed by atoms with Crippen LogP contribution in [0.15, 0.2) is 18.7 Å². The van der Waals surface area contributed by atoms with E-state index in [1.54, 1.807) is 12.4 Å². The molecule has 4 nitrogen and oxygen atoms in total. The first-order valence-electron chi connectivity index (χ1n) is 8.55. The largest absolute Gasteiger partial charge is 0.465 e. The van der Waals surface area contributed by atoms with Gasteiger partial charge in [0, 0.05) is 23.4 Å². The summed E-state index contributed by atoms with van der Waals surface area (Å²) in [4.78, 5) is 20.3. The van der Waals surface area contributed by atoms with Gasteiger partial charge in [0.05, 0.1) is 12.5 Å². The summed E-state index contributed by atoms with van der Waals surface area (Å²) < 4.78 is 5.75. The van der Waals surface area contributed by atoms with E-state index in [-0.39, 0.29) is 17.3 Å². The number of esters is 1. The first-order chi connectivity index (χ1) is 10.6. The molecule has 4 aliphatic rings. The van der Waals surface area contributed by atoms with Crippen molar-refractivity contribution in [3.05, 3.63) is 24.3 Å². The number of ether oxygens (including phenoxy) is 1. The Morgan fingerprint density at radius 1 is 1.18 bits per heavy atom. The Bertz CT molecular complexity index is 522. The van der Waals surface area contributed by atoms with Gasteiger partial charge in [0.1, 0.15) is 6.33 Å². The monoisotopic (exact) mass is 300 g/mol. The molecule has 0 amide bonds. The number of nitrogens with zero attached hydrogens (tertiary/aromatic N) is 2. The minimum Gasteiger partial charge on any atom is -0.465 e. The molecule has 1 unspecified atom stereocenters. The summed E-state index contributed by atoms with van der Waals surface area (Å²) in [6.07, 6.45) is 13.0. The summed E-state index contributed by atoms with van der Waals surface area (Å²) in [5.41, 5.74) is 1.12. The van der Waals surface area contributed by atoms with Gasteiger partial charge in [-0.25, -0.2) is 9.97 Å². The van der Waals surface area contributed by atoms with Crippen LogP contribution in [0.25, 0.3) is 0 Å². The normalized spacial score (nSPS) is 37.0. The van der Waals surface area contributed by atoms with Gasteiger partial charge in [0.2, 0.25) is 0 Å². The minimum atomic E-state index is -0.282. The maximum absolute atomic E-state index is 12.4. The number of rotatable bonds is 4. The van der Waals surface area contributed by atoms with E-state index in [9.17, 15) is 4.79 Å². The van der Waals surface area contributed by atoms with Crippen molar-refractivity contribution in [2.75, 3.05) is 6.61 Å². The topological polar surface area (TPSA) is 52.1 Å². The summed E-state index contributed by atoms with van der Waals surface area (Å²) in [6, 6.07) is 0. The van der Waals surface area contributed by atoms with Gasteiger partial charge in [-0.2, -0.15) is 0 Å². The highest BCUT2D eigenvalue weighted by Crippen LogP contribution is 2.60. The van der Waals surface area contributed by atoms with Crippen LogP contribution in [-0.2, 0) is 9.53 Å². The van der Waals surface area contributed by atoms with Crippen LogP contribution in [0.3, 0.4) is 0 Å². The van der Waals surface area contributed by atoms with E-state index in [4.69, 9.17) is 4.74 Å². The molecule has 0 spiro atoms. The zero-order valence-corrected chi connectivity index (χ0v) is 13.2. The predicted octanol–water partition coefficient (Wildman–Crippen LogP) is 3.34. The summed E-state index contributed by atoms with van der Waals surface area (Å²) in [5.74, 6) is 2.26. The van der Waals surface area contributed by atoms with Crippen LogP contribution in [-0.4, -0.2) is 22.5 Å². The fourth-order valence-corrected chi connectivity index (χ4v) is 5.49. The molecule has 0 radical (unpaired) electrons. The van der Waals surface area contributed by atoms with E-state index in [1.807, 2.05) is 6.92 Å². The molecule has 118 valence electrons. The van der Waals surface area contributed by atoms with E-state index >= 15 is 0 Å². The Morgan fingerprint density at radius 3 is 2.27 bits per heavy atom. The quantitative estimate of drug-likeness (QED) is 0.800. The van der Waals surface area contributed by atoms with Crippen LogP contribution < -0.4 is 0 Å². The van der Waals surface area contributed by atoms with E-state index in [2.05, 4.69) is 9.97 Å². The van der Waals surface area contributed by atoms with E-state index in [0.29, 0.717) is 6.61 Å². The van der Waals surface area contributed by atoms with Crippen molar-refractivity contribution in [2.24, 2.45) is 23.2 Å². The van der Waals surface area contributed by atoms with Crippen LogP contribution in [0.2, 0.25) is 0 Å². The van der Waals surface area contributed by atoms with Crippen molar-refractivity contribution in [3.63, 3.8) is 0 Å². The molecule has 1 aromatic heterocycles. The highest BCUT2D eigenvalue weighted by Gasteiger charge is 2.51. The Balaban J connectivity index is 1.39. The van der Waals surface area contributed by atoms with Crippen molar-refractivity contribution in [3.8, 4) is 0 Å². The van der Waals surface area contributed by atoms with Gasteiger partial charge in [-0.3, -0.25) is 4.79 Å². The second-order valence-electron chi connectivity index (χ2n) is 7.92. The molecule has 5 rings (SSSR count). The SMILES string of the molecule is CC(C(=O)OCC12CC3CC(CC(C3)C1)C2)c1cncnc1. The molecule has 4 saturated carbocycles. The molecule has 1 aromatic rings. The standard InChI is InChI=1S/C18H24N2O2/c1-12(16-8-19-11-20-9-16)17(21)22-10-18-5-13-2-14(6-18)4-15(3-13)7-18/h8-9,11-15H,2-7,10H2,1H3. The fraction of sp³-hybridized carbons (Fsp3) is 0.722. The summed E-state index contributed by atoms with van der Waals surface area (Å²) >= 11 is 0. The molecular weight excluding hydrogens is 276 g/mol. The lowest BCUT2D eigenvalue weighted by Gasteiger charge is -2.56. The third-order valence-corrected chi connectivity index (χ3v) is 6.12. The first kappa shape index (κ1) is 14.2. The molecule has 0 aromatic carbocycles. The van der Waals surface area contributed by atoms with Gasteiger partial charge >= 0.3 is 5.97 Å². The average Bonchev–Trinajstić information content (AvgIpc) is 2.51. The molecular formula is C18H24N2O2. The average molecular weight is 300 g/mol. The predicted molar refractivity (Wildman–Crippen MR) is 82.0 cm³/mol. The number of hydrogen-bond acceptors (Lipinski definition) is 4. The van der Waals surface area contributed by atoms with Crippen molar-refractivity contribution in [1.29, 1.82) is 0 Å². The molecule has 22 heavy (non-hydrogen) atoms. The number of aromatic nitrogens is 2. The maximum atomic E-state index is 12.4. The van der Waals surface area contributed by atoms with Gasteiger partial charge in [0.15, 0.2) is 0 Å². The zero-order valence-electron chi connectivity index (χ0n) is 13.2. The van der Waals surface area contributed by atoms with Crippen LogP contribution in [0.5, 0.6) is 0 Å².